The number of amides is 1. The molecular formula is C15H19ClFNO3. The summed E-state index contributed by atoms with van der Waals surface area (Å²) in [5.74, 6) is -1.81. The molecule has 0 saturated carbocycles. The first kappa shape index (κ1) is 17.4. The number of hydrogen-bond donors (Lipinski definition) is 2. The first-order chi connectivity index (χ1) is 9.79. The molecule has 4 nitrogen and oxygen atoms in total. The summed E-state index contributed by atoms with van der Waals surface area (Å²) in [6, 6.07) is 3.80. The van der Waals surface area contributed by atoms with E-state index in [2.05, 4.69) is 5.32 Å². The largest absolute Gasteiger partial charge is 0.481 e. The van der Waals surface area contributed by atoms with E-state index in [0.717, 1.165) is 6.07 Å². The average Bonchev–Trinajstić information content (AvgIpc) is 2.37. The summed E-state index contributed by atoms with van der Waals surface area (Å²) in [6.07, 6.45) is 0.689. The third-order valence-electron chi connectivity index (χ3n) is 3.00. The van der Waals surface area contributed by atoms with Gasteiger partial charge in [0.05, 0.1) is 5.02 Å². The Bertz CT molecular complexity index is 520. The Morgan fingerprint density at radius 3 is 2.57 bits per heavy atom. The molecule has 116 valence electrons. The fourth-order valence-corrected chi connectivity index (χ4v) is 2.25. The van der Waals surface area contributed by atoms with E-state index in [4.69, 9.17) is 16.7 Å². The summed E-state index contributed by atoms with van der Waals surface area (Å²) >= 11 is 5.56. The SMILES string of the molecule is CC(C)C[C@H](CNC(=O)c1ccc(Cl)c(F)c1)CC(=O)O. The maximum absolute atomic E-state index is 13.3. The van der Waals surface area contributed by atoms with Crippen LogP contribution in [0.25, 0.3) is 0 Å². The van der Waals surface area contributed by atoms with Crippen LogP contribution in [0.15, 0.2) is 18.2 Å². The highest BCUT2D eigenvalue weighted by Gasteiger charge is 2.17. The number of nitrogens with one attached hydrogen (secondary N) is 1. The lowest BCUT2D eigenvalue weighted by atomic mass is 9.94. The molecule has 0 aliphatic rings. The molecule has 0 heterocycles. The minimum Gasteiger partial charge on any atom is -0.481 e. The normalized spacial score (nSPS) is 12.2. The van der Waals surface area contributed by atoms with Crippen molar-refractivity contribution in [3.05, 3.63) is 34.6 Å². The maximum atomic E-state index is 13.3. The van der Waals surface area contributed by atoms with E-state index in [0.29, 0.717) is 12.3 Å². The van der Waals surface area contributed by atoms with Gasteiger partial charge in [-0.3, -0.25) is 9.59 Å². The van der Waals surface area contributed by atoms with E-state index >= 15 is 0 Å². The smallest absolute Gasteiger partial charge is 0.303 e. The van der Waals surface area contributed by atoms with Crippen molar-refractivity contribution >= 4 is 23.5 Å². The molecule has 1 rings (SSSR count). The first-order valence-corrected chi connectivity index (χ1v) is 7.12. The van der Waals surface area contributed by atoms with Gasteiger partial charge in [-0.2, -0.15) is 0 Å². The molecule has 0 aliphatic heterocycles. The maximum Gasteiger partial charge on any atom is 0.303 e. The van der Waals surface area contributed by atoms with Gasteiger partial charge in [-0.15, -0.1) is 0 Å². The monoisotopic (exact) mass is 315 g/mol. The molecule has 1 aromatic carbocycles. The van der Waals surface area contributed by atoms with Gasteiger partial charge in [0.15, 0.2) is 0 Å². The zero-order valence-corrected chi connectivity index (χ0v) is 12.8. The fourth-order valence-electron chi connectivity index (χ4n) is 2.13. The van der Waals surface area contributed by atoms with Gasteiger partial charge in [-0.25, -0.2) is 4.39 Å². The summed E-state index contributed by atoms with van der Waals surface area (Å²) in [5.41, 5.74) is 0.163. The van der Waals surface area contributed by atoms with Crippen molar-refractivity contribution in [3.63, 3.8) is 0 Å². The highest BCUT2D eigenvalue weighted by Crippen LogP contribution is 2.17. The lowest BCUT2D eigenvalue weighted by Crippen LogP contribution is -2.31. The molecular weight excluding hydrogens is 297 g/mol. The van der Waals surface area contributed by atoms with E-state index in [1.807, 2.05) is 13.8 Å². The van der Waals surface area contributed by atoms with E-state index in [9.17, 15) is 14.0 Å². The number of benzene rings is 1. The molecule has 0 aromatic heterocycles. The van der Waals surface area contributed by atoms with Crippen LogP contribution in [-0.2, 0) is 4.79 Å². The van der Waals surface area contributed by atoms with Gasteiger partial charge in [-0.05, 0) is 36.5 Å². The summed E-state index contributed by atoms with van der Waals surface area (Å²) in [4.78, 5) is 22.7. The molecule has 0 radical (unpaired) electrons. The zero-order valence-electron chi connectivity index (χ0n) is 12.0. The molecule has 1 aromatic rings. The second-order valence-corrected chi connectivity index (χ2v) is 5.84. The van der Waals surface area contributed by atoms with Gasteiger partial charge >= 0.3 is 5.97 Å². The van der Waals surface area contributed by atoms with E-state index in [1.165, 1.54) is 12.1 Å². The van der Waals surface area contributed by atoms with Crippen molar-refractivity contribution < 1.29 is 19.1 Å². The Morgan fingerprint density at radius 2 is 2.05 bits per heavy atom. The Kier molecular flexibility index (Phi) is 6.62. The Morgan fingerprint density at radius 1 is 1.38 bits per heavy atom. The summed E-state index contributed by atoms with van der Waals surface area (Å²) in [7, 11) is 0. The lowest BCUT2D eigenvalue weighted by Gasteiger charge is -2.17. The molecule has 0 saturated heterocycles. The van der Waals surface area contributed by atoms with E-state index < -0.39 is 17.7 Å². The van der Waals surface area contributed by atoms with Crippen LogP contribution in [0, 0.1) is 17.7 Å². The molecule has 1 amide bonds. The van der Waals surface area contributed by atoms with Crippen LogP contribution in [0.3, 0.4) is 0 Å². The van der Waals surface area contributed by atoms with Crippen molar-refractivity contribution in [1.82, 2.24) is 5.32 Å². The van der Waals surface area contributed by atoms with Crippen LogP contribution in [0.1, 0.15) is 37.0 Å². The van der Waals surface area contributed by atoms with Gasteiger partial charge in [0.1, 0.15) is 5.82 Å². The number of carboxylic acid groups (broad SMARTS) is 1. The molecule has 0 aliphatic carbocycles. The fraction of sp³-hybridized carbons (Fsp3) is 0.467. The Hall–Kier alpha value is -1.62. The Labute approximate surface area is 128 Å². The van der Waals surface area contributed by atoms with Crippen LogP contribution in [-0.4, -0.2) is 23.5 Å². The van der Waals surface area contributed by atoms with Gasteiger partial charge < -0.3 is 10.4 Å². The second kappa shape index (κ2) is 7.98. The second-order valence-electron chi connectivity index (χ2n) is 5.43. The number of carboxylic acids is 1. The van der Waals surface area contributed by atoms with Crippen LogP contribution in [0.4, 0.5) is 4.39 Å². The van der Waals surface area contributed by atoms with Gasteiger partial charge in [0, 0.05) is 18.5 Å². The van der Waals surface area contributed by atoms with E-state index in [-0.39, 0.29) is 29.5 Å². The molecule has 21 heavy (non-hydrogen) atoms. The summed E-state index contributed by atoms with van der Waals surface area (Å²) in [5, 5.41) is 11.5. The standard InChI is InChI=1S/C15H19ClFNO3/c1-9(2)5-10(6-14(19)20)8-18-15(21)11-3-4-12(16)13(17)7-11/h3-4,7,9-10H,5-6,8H2,1-2H3,(H,18,21)(H,19,20)/t10-/m0/s1. The van der Waals surface area contributed by atoms with Crippen LogP contribution < -0.4 is 5.32 Å². The number of carbonyl (C=O) groups is 2. The molecule has 6 heteroatoms. The number of halogens is 2. The number of hydrogen-bond acceptors (Lipinski definition) is 2. The van der Waals surface area contributed by atoms with Gasteiger partial charge in [0.2, 0.25) is 0 Å². The molecule has 2 N–H and O–H groups in total. The van der Waals surface area contributed by atoms with Crippen molar-refractivity contribution in [1.29, 1.82) is 0 Å². The molecule has 0 spiro atoms. The zero-order chi connectivity index (χ0) is 16.0. The van der Waals surface area contributed by atoms with Crippen molar-refractivity contribution in [2.24, 2.45) is 11.8 Å². The van der Waals surface area contributed by atoms with Crippen molar-refractivity contribution in [2.45, 2.75) is 26.7 Å². The average molecular weight is 316 g/mol. The highest BCUT2D eigenvalue weighted by molar-refractivity contribution is 6.30. The predicted molar refractivity (Wildman–Crippen MR) is 78.9 cm³/mol. The summed E-state index contributed by atoms with van der Waals surface area (Å²) < 4.78 is 13.3. The van der Waals surface area contributed by atoms with Crippen molar-refractivity contribution in [3.8, 4) is 0 Å². The Balaban J connectivity index is 2.63. The van der Waals surface area contributed by atoms with Crippen LogP contribution in [0.5, 0.6) is 0 Å². The third-order valence-corrected chi connectivity index (χ3v) is 3.31. The minimum atomic E-state index is -0.896. The molecule has 0 fully saturated rings. The number of aliphatic carboxylic acids is 1. The van der Waals surface area contributed by atoms with Gasteiger partial charge in [-0.1, -0.05) is 25.4 Å². The topological polar surface area (TPSA) is 66.4 Å². The third kappa shape index (κ3) is 6.12. The van der Waals surface area contributed by atoms with Crippen molar-refractivity contribution in [2.75, 3.05) is 6.54 Å². The quantitative estimate of drug-likeness (QED) is 0.811. The summed E-state index contributed by atoms with van der Waals surface area (Å²) in [6.45, 7) is 4.23. The van der Waals surface area contributed by atoms with Crippen LogP contribution in [0.2, 0.25) is 5.02 Å². The van der Waals surface area contributed by atoms with Gasteiger partial charge in [0.25, 0.3) is 5.91 Å². The van der Waals surface area contributed by atoms with Crippen LogP contribution >= 0.6 is 11.6 Å². The first-order valence-electron chi connectivity index (χ1n) is 6.74. The lowest BCUT2D eigenvalue weighted by molar-refractivity contribution is -0.138. The molecule has 0 bridgehead atoms. The molecule has 1 atom stereocenters. The number of carbonyl (C=O) groups excluding carboxylic acids is 1. The predicted octanol–water partition coefficient (Wildman–Crippen LogP) is 3.35. The highest BCUT2D eigenvalue weighted by atomic mass is 35.5. The minimum absolute atomic E-state index is 0.00651. The number of rotatable bonds is 7. The molecule has 0 unspecified atom stereocenters. The van der Waals surface area contributed by atoms with E-state index in [1.54, 1.807) is 0 Å².